The third kappa shape index (κ3) is 6.69. The molecule has 4 atom stereocenters. The highest BCUT2D eigenvalue weighted by Gasteiger charge is 2.55. The smallest absolute Gasteiger partial charge is 0.303 e. The van der Waals surface area contributed by atoms with Crippen LogP contribution in [0.15, 0.2) is 30.3 Å². The maximum absolute atomic E-state index is 14.1. The molecular formula is C27H45NO4Si. The molecule has 1 saturated carbocycles. The van der Waals surface area contributed by atoms with Gasteiger partial charge < -0.3 is 14.5 Å². The van der Waals surface area contributed by atoms with Crippen molar-refractivity contribution >= 4 is 20.2 Å². The van der Waals surface area contributed by atoms with Gasteiger partial charge in [0.25, 0.3) is 5.91 Å². The summed E-state index contributed by atoms with van der Waals surface area (Å²) in [6, 6.07) is 9.58. The molecule has 5 nitrogen and oxygen atoms in total. The Morgan fingerprint density at radius 1 is 1.15 bits per heavy atom. The van der Waals surface area contributed by atoms with Crippen LogP contribution in [0.5, 0.6) is 0 Å². The number of hydrogen-bond acceptors (Lipinski definition) is 4. The predicted molar refractivity (Wildman–Crippen MR) is 136 cm³/mol. The van der Waals surface area contributed by atoms with E-state index in [9.17, 15) is 9.59 Å². The number of nitrogens with one attached hydrogen (secondary N) is 1. The van der Waals surface area contributed by atoms with Crippen LogP contribution in [0, 0.1) is 17.8 Å². The van der Waals surface area contributed by atoms with Gasteiger partial charge in [-0.15, -0.1) is 0 Å². The minimum Gasteiger partial charge on any atom is -0.456 e. The van der Waals surface area contributed by atoms with E-state index < -0.39 is 20.0 Å². The van der Waals surface area contributed by atoms with E-state index in [1.807, 2.05) is 30.3 Å². The number of esters is 1. The van der Waals surface area contributed by atoms with Gasteiger partial charge in [0.15, 0.2) is 8.32 Å². The molecular weight excluding hydrogens is 430 g/mol. The molecule has 0 heterocycles. The lowest BCUT2D eigenvalue weighted by molar-refractivity contribution is -0.155. The Hall–Kier alpha value is -1.66. The minimum atomic E-state index is -2.24. The molecule has 1 aliphatic rings. The van der Waals surface area contributed by atoms with E-state index in [-0.39, 0.29) is 29.4 Å². The van der Waals surface area contributed by atoms with Gasteiger partial charge in [0.1, 0.15) is 11.7 Å². The number of benzene rings is 1. The quantitative estimate of drug-likeness (QED) is 0.356. The van der Waals surface area contributed by atoms with Crippen LogP contribution in [0.1, 0.15) is 79.4 Å². The Morgan fingerprint density at radius 2 is 1.76 bits per heavy atom. The van der Waals surface area contributed by atoms with Gasteiger partial charge in [-0.05, 0) is 54.3 Å². The molecule has 1 fully saturated rings. The molecule has 0 aliphatic heterocycles. The molecule has 6 heteroatoms. The average Bonchev–Trinajstić information content (AvgIpc) is 2.69. The summed E-state index contributed by atoms with van der Waals surface area (Å²) in [6.07, 6.45) is 2.28. The van der Waals surface area contributed by atoms with Gasteiger partial charge in [0, 0.05) is 6.92 Å². The van der Waals surface area contributed by atoms with Crippen molar-refractivity contribution in [2.75, 3.05) is 6.54 Å². The lowest BCUT2D eigenvalue weighted by atomic mass is 9.66. The Morgan fingerprint density at radius 3 is 2.27 bits per heavy atom. The van der Waals surface area contributed by atoms with E-state index in [0.717, 1.165) is 24.8 Å². The zero-order valence-electron chi connectivity index (χ0n) is 22.2. The van der Waals surface area contributed by atoms with E-state index in [0.29, 0.717) is 11.8 Å². The van der Waals surface area contributed by atoms with Gasteiger partial charge in [-0.25, -0.2) is 0 Å². The largest absolute Gasteiger partial charge is 0.456 e. The second kappa shape index (κ2) is 10.7. The first-order chi connectivity index (χ1) is 15.2. The van der Waals surface area contributed by atoms with Crippen LogP contribution in [0.3, 0.4) is 0 Å². The molecule has 1 aliphatic carbocycles. The normalized spacial score (nSPS) is 24.9. The van der Waals surface area contributed by atoms with Gasteiger partial charge in [-0.1, -0.05) is 78.3 Å². The van der Waals surface area contributed by atoms with E-state index >= 15 is 0 Å². The van der Waals surface area contributed by atoms with E-state index in [1.54, 1.807) is 0 Å². The van der Waals surface area contributed by atoms with Crippen molar-refractivity contribution in [3.8, 4) is 0 Å². The van der Waals surface area contributed by atoms with Gasteiger partial charge >= 0.3 is 5.97 Å². The number of carbonyl (C=O) groups excluding carboxylic acids is 2. The van der Waals surface area contributed by atoms with Crippen molar-refractivity contribution in [3.05, 3.63) is 35.9 Å². The fourth-order valence-corrected chi connectivity index (χ4v) is 6.35. The first-order valence-electron chi connectivity index (χ1n) is 12.4. The van der Waals surface area contributed by atoms with Crippen LogP contribution >= 0.6 is 0 Å². The lowest BCUT2D eigenvalue weighted by Gasteiger charge is -2.52. The van der Waals surface area contributed by atoms with Gasteiger partial charge in [-0.2, -0.15) is 0 Å². The number of hydrogen-bond donors (Lipinski definition) is 1. The monoisotopic (exact) mass is 475 g/mol. The van der Waals surface area contributed by atoms with Crippen LogP contribution in [0.2, 0.25) is 18.1 Å². The molecule has 1 N–H and O–H groups in total. The van der Waals surface area contributed by atoms with Crippen molar-refractivity contribution in [1.82, 2.24) is 5.32 Å². The van der Waals surface area contributed by atoms with Crippen LogP contribution in [0.25, 0.3) is 0 Å². The fourth-order valence-electron chi connectivity index (χ4n) is 4.80. The maximum atomic E-state index is 14.1. The minimum absolute atomic E-state index is 0.00713. The highest BCUT2D eigenvalue weighted by molar-refractivity contribution is 6.74. The molecule has 0 saturated heterocycles. The Labute approximate surface area is 202 Å². The lowest BCUT2D eigenvalue weighted by Crippen LogP contribution is -2.63. The summed E-state index contributed by atoms with van der Waals surface area (Å²) >= 11 is 0. The zero-order chi connectivity index (χ0) is 25.0. The standard InChI is InChI=1S/C27H45NO4Si/c1-19(2)23-16-15-20(3)17-27(23,32-33(8,9)26(5,6)7)25(30)28-18-24(31-21(4)29)22-13-11-10-12-14-22/h10-14,19-20,23-24H,15-18H2,1-9H3,(H,28,30)/t20-,23+,24-,27+/m1/s1. The van der Waals surface area contributed by atoms with Crippen LogP contribution in [-0.4, -0.2) is 32.3 Å². The number of rotatable bonds is 8. The maximum Gasteiger partial charge on any atom is 0.303 e. The van der Waals surface area contributed by atoms with Crippen LogP contribution in [-0.2, 0) is 18.8 Å². The summed E-state index contributed by atoms with van der Waals surface area (Å²) in [7, 11) is -2.24. The fraction of sp³-hybridized carbons (Fsp3) is 0.704. The van der Waals surface area contributed by atoms with Crippen molar-refractivity contribution in [2.24, 2.45) is 17.8 Å². The molecule has 0 unspecified atom stereocenters. The topological polar surface area (TPSA) is 64.6 Å². The second-order valence-corrected chi connectivity index (χ2v) is 16.4. The summed E-state index contributed by atoms with van der Waals surface area (Å²) in [5.41, 5.74) is -0.00321. The van der Waals surface area contributed by atoms with Crippen LogP contribution in [0.4, 0.5) is 0 Å². The molecule has 0 bridgehead atoms. The molecule has 0 aromatic heterocycles. The van der Waals surface area contributed by atoms with Crippen molar-refractivity contribution in [3.63, 3.8) is 0 Å². The first-order valence-corrected chi connectivity index (χ1v) is 15.3. The third-order valence-corrected chi connectivity index (χ3v) is 12.1. The Bertz CT molecular complexity index is 802. The Kier molecular flexibility index (Phi) is 8.96. The molecule has 186 valence electrons. The SMILES string of the molecule is CC(=O)O[C@H](CNC(=O)[C@]1(O[Si](C)(C)C(C)(C)C)C[C@H](C)CC[C@H]1C(C)C)c1ccccc1. The molecule has 2 rings (SSSR count). The van der Waals surface area contributed by atoms with Crippen molar-refractivity contribution in [2.45, 2.75) is 97.6 Å². The summed E-state index contributed by atoms with van der Waals surface area (Å²) in [4.78, 5) is 25.8. The Balaban J connectivity index is 2.39. The summed E-state index contributed by atoms with van der Waals surface area (Å²) < 4.78 is 12.6. The van der Waals surface area contributed by atoms with Gasteiger partial charge in [0.05, 0.1) is 6.54 Å². The molecule has 33 heavy (non-hydrogen) atoms. The molecule has 1 amide bonds. The third-order valence-electron chi connectivity index (χ3n) is 7.58. The van der Waals surface area contributed by atoms with E-state index in [1.165, 1.54) is 6.92 Å². The number of ether oxygens (including phenoxy) is 1. The highest BCUT2D eigenvalue weighted by Crippen LogP contribution is 2.49. The first kappa shape index (κ1) is 27.6. The second-order valence-electron chi connectivity index (χ2n) is 11.7. The average molecular weight is 476 g/mol. The number of amides is 1. The van der Waals surface area contributed by atoms with Gasteiger partial charge in [-0.3, -0.25) is 9.59 Å². The van der Waals surface area contributed by atoms with Crippen LogP contribution < -0.4 is 5.32 Å². The van der Waals surface area contributed by atoms with E-state index in [2.05, 4.69) is 60.0 Å². The number of carbonyl (C=O) groups is 2. The van der Waals surface area contributed by atoms with Gasteiger partial charge in [0.2, 0.25) is 0 Å². The summed E-state index contributed by atoms with van der Waals surface area (Å²) in [5, 5.41) is 3.15. The molecule has 0 spiro atoms. The highest BCUT2D eigenvalue weighted by atomic mass is 28.4. The van der Waals surface area contributed by atoms with Crippen molar-refractivity contribution in [1.29, 1.82) is 0 Å². The molecule has 1 aromatic rings. The predicted octanol–water partition coefficient (Wildman–Crippen LogP) is 6.26. The van der Waals surface area contributed by atoms with E-state index in [4.69, 9.17) is 9.16 Å². The molecule has 1 aromatic carbocycles. The summed E-state index contributed by atoms with van der Waals surface area (Å²) in [6.45, 7) is 19.3. The zero-order valence-corrected chi connectivity index (χ0v) is 23.2. The molecule has 0 radical (unpaired) electrons. The van der Waals surface area contributed by atoms with Crippen molar-refractivity contribution < 1.29 is 18.8 Å². The summed E-state index contributed by atoms with van der Waals surface area (Å²) in [5.74, 6) is 0.453.